The fourth-order valence-corrected chi connectivity index (χ4v) is 2.53. The molecule has 0 radical (unpaired) electrons. The van der Waals surface area contributed by atoms with Crippen molar-refractivity contribution in [2.24, 2.45) is 0 Å². The van der Waals surface area contributed by atoms with E-state index in [0.29, 0.717) is 5.69 Å². The monoisotopic (exact) mass is 430 g/mol. The molecule has 2 heterocycles. The average Bonchev–Trinajstić information content (AvgIpc) is 2.65. The highest BCUT2D eigenvalue weighted by Gasteiger charge is 2.39. The standard InChI is InChI=1S/C17H11Cl2F3N4O2/c1-23-8-4-5-24-12(6-8)15-25-14(17(20,21)22)13(16(27)26-15)28-9-2-3-10(18)11(19)7-9/h2-7H,1H3,(H,23,24)(H,25,26,27). The Hall–Kier alpha value is -2.78. The number of hydrogen-bond donors (Lipinski definition) is 2. The lowest BCUT2D eigenvalue weighted by Crippen LogP contribution is -2.21. The summed E-state index contributed by atoms with van der Waals surface area (Å²) in [6.07, 6.45) is -3.58. The highest BCUT2D eigenvalue weighted by Crippen LogP contribution is 2.36. The topological polar surface area (TPSA) is 79.9 Å². The van der Waals surface area contributed by atoms with E-state index in [9.17, 15) is 18.0 Å². The number of ether oxygens (including phenoxy) is 1. The number of hydrogen-bond acceptors (Lipinski definition) is 5. The maximum atomic E-state index is 13.5. The number of aromatic nitrogens is 3. The summed E-state index contributed by atoms with van der Waals surface area (Å²) < 4.78 is 45.8. The Balaban J connectivity index is 2.12. The molecular weight excluding hydrogens is 420 g/mol. The van der Waals surface area contributed by atoms with Crippen LogP contribution in [-0.4, -0.2) is 22.0 Å². The Morgan fingerprint density at radius 3 is 2.54 bits per heavy atom. The zero-order chi connectivity index (χ0) is 20.5. The molecule has 0 saturated carbocycles. The lowest BCUT2D eigenvalue weighted by molar-refractivity contribution is -0.142. The van der Waals surface area contributed by atoms with Crippen LogP contribution in [0.4, 0.5) is 18.9 Å². The second-order valence-corrected chi connectivity index (χ2v) is 6.26. The predicted molar refractivity (Wildman–Crippen MR) is 99.2 cm³/mol. The highest BCUT2D eigenvalue weighted by atomic mass is 35.5. The lowest BCUT2D eigenvalue weighted by Gasteiger charge is -2.14. The van der Waals surface area contributed by atoms with Gasteiger partial charge in [0.05, 0.1) is 10.0 Å². The number of anilines is 1. The summed E-state index contributed by atoms with van der Waals surface area (Å²) in [6, 6.07) is 6.84. The van der Waals surface area contributed by atoms with Crippen molar-refractivity contribution in [1.29, 1.82) is 0 Å². The molecule has 11 heteroatoms. The molecule has 6 nitrogen and oxygen atoms in total. The Morgan fingerprint density at radius 1 is 1.14 bits per heavy atom. The van der Waals surface area contributed by atoms with E-state index in [1.807, 2.05) is 0 Å². The minimum atomic E-state index is -4.95. The molecule has 0 aliphatic rings. The maximum absolute atomic E-state index is 13.5. The van der Waals surface area contributed by atoms with E-state index in [2.05, 4.69) is 20.3 Å². The SMILES string of the molecule is CNc1ccnc(-c2nc(C(F)(F)F)c(Oc3ccc(Cl)c(Cl)c3)c(=O)[nH]2)c1. The van der Waals surface area contributed by atoms with Crippen LogP contribution in [0.15, 0.2) is 41.3 Å². The predicted octanol–water partition coefficient (Wildman–Crippen LogP) is 4.99. The van der Waals surface area contributed by atoms with Crippen LogP contribution in [0.2, 0.25) is 10.0 Å². The van der Waals surface area contributed by atoms with Crippen molar-refractivity contribution in [1.82, 2.24) is 15.0 Å². The maximum Gasteiger partial charge on any atom is 0.437 e. The minimum absolute atomic E-state index is 0.0514. The molecule has 0 unspecified atom stereocenters. The van der Waals surface area contributed by atoms with Crippen LogP contribution in [-0.2, 0) is 6.18 Å². The van der Waals surface area contributed by atoms with Gasteiger partial charge in [0.1, 0.15) is 11.4 Å². The van der Waals surface area contributed by atoms with Gasteiger partial charge in [-0.3, -0.25) is 9.78 Å². The van der Waals surface area contributed by atoms with E-state index in [1.54, 1.807) is 13.1 Å². The molecule has 0 aliphatic heterocycles. The van der Waals surface area contributed by atoms with E-state index in [4.69, 9.17) is 27.9 Å². The smallest absolute Gasteiger partial charge is 0.437 e. The quantitative estimate of drug-likeness (QED) is 0.609. The van der Waals surface area contributed by atoms with Crippen molar-refractivity contribution >= 4 is 28.9 Å². The van der Waals surface area contributed by atoms with Crippen molar-refractivity contribution in [3.8, 4) is 23.0 Å². The molecule has 0 saturated heterocycles. The molecule has 0 spiro atoms. The Bertz CT molecular complexity index is 1090. The molecule has 1 aromatic carbocycles. The highest BCUT2D eigenvalue weighted by molar-refractivity contribution is 6.42. The zero-order valence-electron chi connectivity index (χ0n) is 14.1. The van der Waals surface area contributed by atoms with Gasteiger partial charge in [-0.05, 0) is 24.3 Å². The van der Waals surface area contributed by atoms with Gasteiger partial charge < -0.3 is 15.0 Å². The fourth-order valence-electron chi connectivity index (χ4n) is 2.24. The third-order valence-corrected chi connectivity index (χ3v) is 4.29. The summed E-state index contributed by atoms with van der Waals surface area (Å²) in [5, 5.41) is 3.06. The Kier molecular flexibility index (Phi) is 5.48. The molecule has 28 heavy (non-hydrogen) atoms. The summed E-state index contributed by atoms with van der Waals surface area (Å²) in [7, 11) is 1.63. The molecule has 3 aromatic rings. The van der Waals surface area contributed by atoms with Crippen molar-refractivity contribution in [2.75, 3.05) is 12.4 Å². The zero-order valence-corrected chi connectivity index (χ0v) is 15.6. The summed E-state index contributed by atoms with van der Waals surface area (Å²) in [5.74, 6) is -1.47. The summed E-state index contributed by atoms with van der Waals surface area (Å²) in [6.45, 7) is 0. The Labute approximate surface area is 166 Å². The molecule has 3 rings (SSSR count). The summed E-state index contributed by atoms with van der Waals surface area (Å²) in [5.41, 5.74) is -1.98. The van der Waals surface area contributed by atoms with E-state index in [1.165, 1.54) is 30.5 Å². The molecule has 2 N–H and O–H groups in total. The van der Waals surface area contributed by atoms with E-state index < -0.39 is 23.2 Å². The largest absolute Gasteiger partial charge is 0.449 e. The molecule has 0 bridgehead atoms. The second kappa shape index (κ2) is 7.69. The van der Waals surface area contributed by atoms with Crippen LogP contribution in [0.1, 0.15) is 5.69 Å². The third kappa shape index (κ3) is 4.20. The van der Waals surface area contributed by atoms with E-state index in [0.717, 1.165) is 0 Å². The summed E-state index contributed by atoms with van der Waals surface area (Å²) >= 11 is 11.6. The first-order chi connectivity index (χ1) is 13.2. The first-order valence-electron chi connectivity index (χ1n) is 7.67. The lowest BCUT2D eigenvalue weighted by atomic mass is 10.2. The molecule has 0 aliphatic carbocycles. The van der Waals surface area contributed by atoms with Crippen LogP contribution in [0.3, 0.4) is 0 Å². The number of H-pyrrole nitrogens is 1. The number of pyridine rings is 1. The summed E-state index contributed by atoms with van der Waals surface area (Å²) in [4.78, 5) is 22.1. The van der Waals surface area contributed by atoms with E-state index in [-0.39, 0.29) is 27.3 Å². The van der Waals surface area contributed by atoms with Crippen LogP contribution >= 0.6 is 23.2 Å². The first kappa shape index (κ1) is 20.0. The fraction of sp³-hybridized carbons (Fsp3) is 0.118. The van der Waals surface area contributed by atoms with Gasteiger partial charge in [0.25, 0.3) is 5.56 Å². The second-order valence-electron chi connectivity index (χ2n) is 5.45. The van der Waals surface area contributed by atoms with Gasteiger partial charge >= 0.3 is 6.18 Å². The van der Waals surface area contributed by atoms with Crippen molar-refractivity contribution in [3.05, 3.63) is 62.6 Å². The number of rotatable bonds is 4. The van der Waals surface area contributed by atoms with Crippen LogP contribution in [0.5, 0.6) is 11.5 Å². The molecule has 0 amide bonds. The van der Waals surface area contributed by atoms with Crippen molar-refractivity contribution < 1.29 is 17.9 Å². The van der Waals surface area contributed by atoms with Gasteiger partial charge in [-0.15, -0.1) is 0 Å². The van der Waals surface area contributed by atoms with Crippen LogP contribution in [0, 0.1) is 0 Å². The van der Waals surface area contributed by atoms with Gasteiger partial charge in [0.15, 0.2) is 11.5 Å². The van der Waals surface area contributed by atoms with Gasteiger partial charge in [0, 0.05) is 25.0 Å². The molecular formula is C17H11Cl2F3N4O2. The molecule has 146 valence electrons. The number of nitrogens with zero attached hydrogens (tertiary/aromatic N) is 2. The van der Waals surface area contributed by atoms with E-state index >= 15 is 0 Å². The number of aromatic amines is 1. The first-order valence-corrected chi connectivity index (χ1v) is 8.43. The van der Waals surface area contributed by atoms with Crippen LogP contribution < -0.4 is 15.6 Å². The number of benzene rings is 1. The van der Waals surface area contributed by atoms with Crippen molar-refractivity contribution in [2.45, 2.75) is 6.18 Å². The average molecular weight is 431 g/mol. The normalized spacial score (nSPS) is 11.4. The van der Waals surface area contributed by atoms with Gasteiger partial charge in [-0.2, -0.15) is 13.2 Å². The van der Waals surface area contributed by atoms with Crippen LogP contribution in [0.25, 0.3) is 11.5 Å². The van der Waals surface area contributed by atoms with Gasteiger partial charge in [0.2, 0.25) is 5.75 Å². The molecule has 2 aromatic heterocycles. The minimum Gasteiger partial charge on any atom is -0.449 e. The van der Waals surface area contributed by atoms with Crippen molar-refractivity contribution in [3.63, 3.8) is 0 Å². The molecule has 0 atom stereocenters. The van der Waals surface area contributed by atoms with Gasteiger partial charge in [-0.25, -0.2) is 4.98 Å². The van der Waals surface area contributed by atoms with Gasteiger partial charge in [-0.1, -0.05) is 23.2 Å². The number of halogens is 5. The number of nitrogens with one attached hydrogen (secondary N) is 2. The third-order valence-electron chi connectivity index (χ3n) is 3.55. The molecule has 0 fully saturated rings. The number of alkyl halides is 3. The Morgan fingerprint density at radius 2 is 1.89 bits per heavy atom.